The lowest BCUT2D eigenvalue weighted by Gasteiger charge is -2.10. The van der Waals surface area contributed by atoms with E-state index in [0.717, 1.165) is 49.2 Å². The van der Waals surface area contributed by atoms with Gasteiger partial charge in [-0.3, -0.25) is 4.98 Å². The first-order valence-corrected chi connectivity index (χ1v) is 14.2. The lowest BCUT2D eigenvalue weighted by Crippen LogP contribution is -2.00. The van der Waals surface area contributed by atoms with E-state index in [-0.39, 0.29) is 0 Å². The van der Waals surface area contributed by atoms with Crippen LogP contribution in [0.5, 0.6) is 0 Å². The summed E-state index contributed by atoms with van der Waals surface area (Å²) in [7, 11) is 0. The van der Waals surface area contributed by atoms with E-state index in [2.05, 4.69) is 89.9 Å². The van der Waals surface area contributed by atoms with E-state index in [1.165, 1.54) is 16.2 Å². The quantitative estimate of drug-likeness (QED) is 0.205. The highest BCUT2D eigenvalue weighted by molar-refractivity contribution is 6.15. The summed E-state index contributed by atoms with van der Waals surface area (Å²) in [5.41, 5.74) is 4.15. The van der Waals surface area contributed by atoms with Gasteiger partial charge < -0.3 is 4.42 Å². The minimum atomic E-state index is 0.552. The van der Waals surface area contributed by atoms with Gasteiger partial charge >= 0.3 is 0 Å². The van der Waals surface area contributed by atoms with E-state index in [0.29, 0.717) is 23.1 Å². The Bertz CT molecular complexity index is 2520. The molecule has 0 saturated carbocycles. The summed E-state index contributed by atoms with van der Waals surface area (Å²) in [6.45, 7) is 0. The average Bonchev–Trinajstić information content (AvgIpc) is 3.44. The Labute approximate surface area is 246 Å². The number of furan rings is 1. The maximum atomic E-state index is 6.30. The molecule has 3 aromatic heterocycles. The minimum absolute atomic E-state index is 0.552. The first-order chi connectivity index (χ1) is 21.3. The van der Waals surface area contributed by atoms with Crippen LogP contribution < -0.4 is 0 Å². The zero-order valence-electron chi connectivity index (χ0n) is 22.9. The van der Waals surface area contributed by atoms with Gasteiger partial charge in [0.15, 0.2) is 23.1 Å². The Kier molecular flexibility index (Phi) is 5.13. The van der Waals surface area contributed by atoms with Gasteiger partial charge in [0, 0.05) is 33.7 Å². The van der Waals surface area contributed by atoms with Gasteiger partial charge in [0.1, 0.15) is 5.58 Å². The number of rotatable bonds is 3. The first kappa shape index (κ1) is 23.7. The molecule has 0 saturated heterocycles. The van der Waals surface area contributed by atoms with E-state index in [1.54, 1.807) is 6.20 Å². The predicted octanol–water partition coefficient (Wildman–Crippen LogP) is 9.63. The van der Waals surface area contributed by atoms with Crippen molar-refractivity contribution < 1.29 is 4.42 Å². The number of aromatic nitrogens is 4. The normalized spacial score (nSPS) is 11.7. The van der Waals surface area contributed by atoms with Crippen LogP contribution in [0.3, 0.4) is 0 Å². The fraction of sp³-hybridized carbons (Fsp3) is 0. The molecule has 0 atom stereocenters. The standard InChI is InChI=1S/C38H22N4O/c1-2-9-24(10-3-1)36-40-37(28-16-17-30-27(18-28)15-14-23-8-6-7-13-29(23)30)42-38(41-36)32-21-39-22-34-35(32)31-19-25-11-4-5-12-26(25)20-33(31)43-34/h1-22H. The Hall–Kier alpha value is -5.94. The van der Waals surface area contributed by atoms with E-state index in [9.17, 15) is 0 Å². The highest BCUT2D eigenvalue weighted by atomic mass is 16.3. The Morgan fingerprint density at radius 2 is 1.09 bits per heavy atom. The van der Waals surface area contributed by atoms with Gasteiger partial charge in [0.2, 0.25) is 0 Å². The van der Waals surface area contributed by atoms with Crippen molar-refractivity contribution in [1.29, 1.82) is 0 Å². The van der Waals surface area contributed by atoms with Gasteiger partial charge in [-0.1, -0.05) is 103 Å². The number of nitrogens with zero attached hydrogens (tertiary/aromatic N) is 4. The largest absolute Gasteiger partial charge is 0.454 e. The summed E-state index contributed by atoms with van der Waals surface area (Å²) in [6.07, 6.45) is 3.59. The number of hydrogen-bond donors (Lipinski definition) is 0. The number of fused-ring (bicyclic) bond motifs is 7. The number of hydrogen-bond acceptors (Lipinski definition) is 5. The van der Waals surface area contributed by atoms with E-state index < -0.39 is 0 Å². The van der Waals surface area contributed by atoms with Gasteiger partial charge in [-0.15, -0.1) is 0 Å². The molecule has 200 valence electrons. The van der Waals surface area contributed by atoms with E-state index >= 15 is 0 Å². The van der Waals surface area contributed by atoms with Crippen molar-refractivity contribution >= 4 is 54.3 Å². The molecule has 0 radical (unpaired) electrons. The molecular weight excluding hydrogens is 528 g/mol. The fourth-order valence-electron chi connectivity index (χ4n) is 6.08. The number of benzene rings is 6. The third-order valence-electron chi connectivity index (χ3n) is 8.16. The molecule has 0 bridgehead atoms. The Balaban J connectivity index is 1.30. The van der Waals surface area contributed by atoms with E-state index in [4.69, 9.17) is 19.4 Å². The van der Waals surface area contributed by atoms with Crippen LogP contribution in [0.25, 0.3) is 88.4 Å². The summed E-state index contributed by atoms with van der Waals surface area (Å²) < 4.78 is 6.30. The van der Waals surface area contributed by atoms with Crippen molar-refractivity contribution in [2.75, 3.05) is 0 Å². The van der Waals surface area contributed by atoms with Gasteiger partial charge in [-0.2, -0.15) is 0 Å². The molecule has 0 spiro atoms. The molecule has 9 rings (SSSR count). The van der Waals surface area contributed by atoms with Crippen LogP contribution in [0.2, 0.25) is 0 Å². The first-order valence-electron chi connectivity index (χ1n) is 14.2. The monoisotopic (exact) mass is 550 g/mol. The molecule has 0 aliphatic heterocycles. The average molecular weight is 551 g/mol. The lowest BCUT2D eigenvalue weighted by atomic mass is 10.00. The van der Waals surface area contributed by atoms with Gasteiger partial charge in [0.05, 0.1) is 6.20 Å². The topological polar surface area (TPSA) is 64.7 Å². The molecule has 9 aromatic rings. The molecular formula is C38H22N4O. The van der Waals surface area contributed by atoms with Crippen LogP contribution in [0.15, 0.2) is 138 Å². The third-order valence-corrected chi connectivity index (χ3v) is 8.16. The summed E-state index contributed by atoms with van der Waals surface area (Å²) in [4.78, 5) is 19.6. The van der Waals surface area contributed by atoms with Crippen LogP contribution in [0.1, 0.15) is 0 Å². The van der Waals surface area contributed by atoms with Crippen LogP contribution in [0.4, 0.5) is 0 Å². The SMILES string of the molecule is c1ccc(-c2nc(-c3ccc4c(ccc5ccccc54)c3)nc(-c3cncc4oc5cc6ccccc6cc5c34)n2)cc1. The second-order valence-electron chi connectivity index (χ2n) is 10.8. The second-order valence-corrected chi connectivity index (χ2v) is 10.8. The minimum Gasteiger partial charge on any atom is -0.454 e. The Morgan fingerprint density at radius 1 is 0.419 bits per heavy atom. The van der Waals surface area contributed by atoms with Crippen molar-refractivity contribution in [3.05, 3.63) is 134 Å². The molecule has 0 N–H and O–H groups in total. The summed E-state index contributed by atoms with van der Waals surface area (Å²) in [5, 5.41) is 9.00. The smallest absolute Gasteiger partial charge is 0.166 e. The number of pyridine rings is 1. The molecule has 0 aliphatic rings. The van der Waals surface area contributed by atoms with Gasteiger partial charge in [-0.05, 0) is 50.5 Å². The molecule has 0 fully saturated rings. The second kappa shape index (κ2) is 9.29. The van der Waals surface area contributed by atoms with Gasteiger partial charge in [-0.25, -0.2) is 15.0 Å². The summed E-state index contributed by atoms with van der Waals surface area (Å²) >= 11 is 0. The molecule has 5 heteroatoms. The highest BCUT2D eigenvalue weighted by Crippen LogP contribution is 2.38. The van der Waals surface area contributed by atoms with E-state index in [1.807, 2.05) is 42.6 Å². The van der Waals surface area contributed by atoms with Crippen molar-refractivity contribution in [3.63, 3.8) is 0 Å². The predicted molar refractivity (Wildman–Crippen MR) is 174 cm³/mol. The van der Waals surface area contributed by atoms with Crippen molar-refractivity contribution in [1.82, 2.24) is 19.9 Å². The third kappa shape index (κ3) is 3.86. The maximum absolute atomic E-state index is 6.30. The molecule has 3 heterocycles. The Morgan fingerprint density at radius 3 is 1.95 bits per heavy atom. The summed E-state index contributed by atoms with van der Waals surface area (Å²) in [5.74, 6) is 1.76. The van der Waals surface area contributed by atoms with Crippen LogP contribution in [-0.4, -0.2) is 19.9 Å². The van der Waals surface area contributed by atoms with Crippen LogP contribution in [-0.2, 0) is 0 Å². The molecule has 6 aromatic carbocycles. The fourth-order valence-corrected chi connectivity index (χ4v) is 6.08. The van der Waals surface area contributed by atoms with Crippen LogP contribution in [0, 0.1) is 0 Å². The van der Waals surface area contributed by atoms with Crippen molar-refractivity contribution in [2.45, 2.75) is 0 Å². The summed E-state index contributed by atoms with van der Waals surface area (Å²) in [6, 6.07) is 41.8. The van der Waals surface area contributed by atoms with Crippen LogP contribution >= 0.6 is 0 Å². The molecule has 0 amide bonds. The highest BCUT2D eigenvalue weighted by Gasteiger charge is 2.19. The lowest BCUT2D eigenvalue weighted by molar-refractivity contribution is 0.667. The van der Waals surface area contributed by atoms with Crippen molar-refractivity contribution in [3.8, 4) is 34.2 Å². The van der Waals surface area contributed by atoms with Crippen molar-refractivity contribution in [2.24, 2.45) is 0 Å². The molecule has 43 heavy (non-hydrogen) atoms. The molecule has 0 aliphatic carbocycles. The maximum Gasteiger partial charge on any atom is 0.166 e. The molecule has 0 unspecified atom stereocenters. The van der Waals surface area contributed by atoms with Gasteiger partial charge in [0.25, 0.3) is 0 Å². The zero-order chi connectivity index (χ0) is 28.3. The zero-order valence-corrected chi connectivity index (χ0v) is 22.9. The molecule has 5 nitrogen and oxygen atoms in total.